The van der Waals surface area contributed by atoms with Crippen LogP contribution in [0.1, 0.15) is 81.6 Å². The minimum atomic E-state index is -0.883. The first-order valence-electron chi connectivity index (χ1n) is 17.5. The van der Waals surface area contributed by atoms with Crippen LogP contribution in [0.2, 0.25) is 0 Å². The summed E-state index contributed by atoms with van der Waals surface area (Å²) in [7, 11) is 2.71. The van der Waals surface area contributed by atoms with Crippen LogP contribution in [0, 0.1) is 0 Å². The van der Waals surface area contributed by atoms with Crippen molar-refractivity contribution in [3.63, 3.8) is 0 Å². The van der Waals surface area contributed by atoms with Crippen molar-refractivity contribution in [2.75, 3.05) is 68.4 Å². The summed E-state index contributed by atoms with van der Waals surface area (Å²) in [6.07, 6.45) is -0.685. The molecule has 53 heavy (non-hydrogen) atoms. The number of carboxylic acids is 1. The number of carbonyl (C=O) groups is 6. The minimum Gasteiger partial charge on any atom is -0.481 e. The van der Waals surface area contributed by atoms with Gasteiger partial charge in [0.05, 0.1) is 51.6 Å². The van der Waals surface area contributed by atoms with Crippen molar-refractivity contribution in [1.82, 2.24) is 14.7 Å². The Kier molecular flexibility index (Phi) is 20.6. The number of carbonyl (C=O) groups excluding carboxylic acids is 5. The standard InChI is InChI=1S/2C12H21NO4S.C11H19NO4S/c2*1-12(2,3)17-11(15)13-5-6-18-8-9(13)7-10(14)16-4;1-11(2,3)16-10(15)12-4-5-17-7-8(12)6-9(13)14/h2*9H,5-8H2,1-4H3;8H,4-7H2,1-3H3,(H,13,14)/t9-;;8-/m0.1/s1. The molecule has 3 heterocycles. The first-order chi connectivity index (χ1) is 24.5. The lowest BCUT2D eigenvalue weighted by atomic mass is 10.2. The van der Waals surface area contributed by atoms with Gasteiger partial charge in [-0.05, 0) is 62.3 Å². The fraction of sp³-hybridized carbons (Fsp3) is 0.829. The number of aliphatic carboxylic acids is 1. The van der Waals surface area contributed by atoms with Gasteiger partial charge in [-0.25, -0.2) is 14.4 Å². The second-order valence-corrected chi connectivity index (χ2v) is 18.8. The molecule has 3 fully saturated rings. The van der Waals surface area contributed by atoms with E-state index in [1.165, 1.54) is 19.1 Å². The van der Waals surface area contributed by atoms with Gasteiger partial charge < -0.3 is 43.5 Å². The molecule has 0 aromatic carbocycles. The van der Waals surface area contributed by atoms with Crippen molar-refractivity contribution >= 4 is 71.5 Å². The quantitative estimate of drug-likeness (QED) is 0.258. The van der Waals surface area contributed by atoms with E-state index >= 15 is 0 Å². The summed E-state index contributed by atoms with van der Waals surface area (Å²) in [5, 5.41) is 8.81. The molecule has 3 rings (SSSR count). The van der Waals surface area contributed by atoms with Crippen LogP contribution < -0.4 is 0 Å². The number of hydrogen-bond donors (Lipinski definition) is 1. The van der Waals surface area contributed by atoms with E-state index in [2.05, 4.69) is 9.47 Å². The van der Waals surface area contributed by atoms with Crippen molar-refractivity contribution in [3.05, 3.63) is 0 Å². The summed E-state index contributed by atoms with van der Waals surface area (Å²) >= 11 is 5.15. The number of thioether (sulfide) groups is 3. The average molecular weight is 812 g/mol. The van der Waals surface area contributed by atoms with Crippen molar-refractivity contribution in [1.29, 1.82) is 0 Å². The van der Waals surface area contributed by atoms with Crippen LogP contribution >= 0.6 is 35.3 Å². The predicted octanol–water partition coefficient (Wildman–Crippen LogP) is 5.62. The molecule has 18 heteroatoms. The number of esters is 2. The van der Waals surface area contributed by atoms with E-state index in [1.807, 2.05) is 41.5 Å². The van der Waals surface area contributed by atoms with Gasteiger partial charge in [0.25, 0.3) is 0 Å². The van der Waals surface area contributed by atoms with Gasteiger partial charge in [-0.3, -0.25) is 14.4 Å². The number of methoxy groups -OCH3 is 2. The highest BCUT2D eigenvalue weighted by molar-refractivity contribution is 7.99. The second kappa shape index (κ2) is 22.6. The third kappa shape index (κ3) is 20.5. The fourth-order valence-corrected chi connectivity index (χ4v) is 8.09. The molecule has 0 aromatic rings. The monoisotopic (exact) mass is 811 g/mol. The number of rotatable bonds is 6. The van der Waals surface area contributed by atoms with Crippen molar-refractivity contribution in [2.24, 2.45) is 0 Å². The van der Waals surface area contributed by atoms with Gasteiger partial charge in [-0.1, -0.05) is 0 Å². The van der Waals surface area contributed by atoms with Gasteiger partial charge in [0.15, 0.2) is 0 Å². The van der Waals surface area contributed by atoms with Crippen LogP contribution in [0.4, 0.5) is 14.4 Å². The summed E-state index contributed by atoms with van der Waals surface area (Å²) in [4.78, 5) is 74.2. The lowest BCUT2D eigenvalue weighted by molar-refractivity contribution is -0.142. The smallest absolute Gasteiger partial charge is 0.410 e. The molecule has 3 saturated heterocycles. The van der Waals surface area contributed by atoms with Gasteiger partial charge in [-0.15, -0.1) is 0 Å². The molecular formula is C35H61N3O12S3. The van der Waals surface area contributed by atoms with Gasteiger partial charge in [0.2, 0.25) is 0 Å². The molecule has 3 aliphatic rings. The predicted molar refractivity (Wildman–Crippen MR) is 208 cm³/mol. The van der Waals surface area contributed by atoms with Crippen LogP contribution in [0.25, 0.3) is 0 Å². The van der Waals surface area contributed by atoms with E-state index in [9.17, 15) is 28.8 Å². The molecule has 3 atom stereocenters. The molecule has 3 amide bonds. The van der Waals surface area contributed by atoms with Crippen molar-refractivity contribution < 1.29 is 57.6 Å². The largest absolute Gasteiger partial charge is 0.481 e. The maximum absolute atomic E-state index is 12.0. The Balaban J connectivity index is 0.000000398. The van der Waals surface area contributed by atoms with Crippen LogP contribution in [0.15, 0.2) is 0 Å². The highest BCUT2D eigenvalue weighted by Crippen LogP contribution is 2.24. The van der Waals surface area contributed by atoms with Gasteiger partial charge in [0.1, 0.15) is 16.8 Å². The molecule has 0 saturated carbocycles. The number of nitrogens with zero attached hydrogens (tertiary/aromatic N) is 3. The zero-order chi connectivity index (χ0) is 40.6. The van der Waals surface area contributed by atoms with E-state index in [0.29, 0.717) is 25.4 Å². The Morgan fingerprint density at radius 2 is 0.792 bits per heavy atom. The molecule has 0 radical (unpaired) electrons. The number of amides is 3. The summed E-state index contributed by atoms with van der Waals surface area (Å²) in [5.74, 6) is 3.25. The Morgan fingerprint density at radius 1 is 0.528 bits per heavy atom. The Morgan fingerprint density at radius 3 is 1.02 bits per heavy atom. The number of ether oxygens (including phenoxy) is 5. The van der Waals surface area contributed by atoms with Gasteiger partial charge in [0, 0.05) is 54.2 Å². The zero-order valence-corrected chi connectivity index (χ0v) is 35.7. The maximum Gasteiger partial charge on any atom is 0.410 e. The SMILES string of the molecule is CC(C)(C)OC(=O)N1CCSC[C@H]1CC(=O)O.COC(=O)CC1CSCCN1C(=O)OC(C)(C)C.COC(=O)C[C@H]1CSCCN1C(=O)OC(C)(C)C. The minimum absolute atomic E-state index is 0.0216. The van der Waals surface area contributed by atoms with Gasteiger partial charge in [-0.2, -0.15) is 35.3 Å². The van der Waals surface area contributed by atoms with Crippen molar-refractivity contribution in [3.8, 4) is 0 Å². The van der Waals surface area contributed by atoms with E-state index in [4.69, 9.17) is 19.3 Å². The first-order valence-corrected chi connectivity index (χ1v) is 21.0. The molecule has 3 aliphatic heterocycles. The van der Waals surface area contributed by atoms with E-state index in [1.54, 1.807) is 65.9 Å². The first kappa shape index (κ1) is 48.3. The van der Waals surface area contributed by atoms with Crippen LogP contribution in [0.5, 0.6) is 0 Å². The van der Waals surface area contributed by atoms with Gasteiger partial charge >= 0.3 is 36.2 Å². The van der Waals surface area contributed by atoms with Crippen LogP contribution in [-0.4, -0.2) is 159 Å². The summed E-state index contributed by atoms with van der Waals surface area (Å²) in [5.41, 5.74) is -1.58. The fourth-order valence-electron chi connectivity index (χ4n) is 4.91. The molecule has 0 spiro atoms. The summed E-state index contributed by atoms with van der Waals surface area (Å²) in [6, 6.07) is -0.529. The van der Waals surface area contributed by atoms with E-state index in [0.717, 1.165) is 28.8 Å². The van der Waals surface area contributed by atoms with Crippen molar-refractivity contribution in [2.45, 2.75) is 117 Å². The van der Waals surface area contributed by atoms with E-state index < -0.39 is 28.9 Å². The normalized spacial score (nSPS) is 20.7. The molecule has 0 aromatic heterocycles. The highest BCUT2D eigenvalue weighted by atomic mass is 32.2. The molecular weight excluding hydrogens is 751 g/mol. The Bertz CT molecular complexity index is 1160. The Hall–Kier alpha value is -2.73. The van der Waals surface area contributed by atoms with E-state index in [-0.39, 0.29) is 61.5 Å². The number of carboxylic acid groups (broad SMARTS) is 1. The molecule has 0 aliphatic carbocycles. The second-order valence-electron chi connectivity index (χ2n) is 15.4. The number of hydrogen-bond acceptors (Lipinski definition) is 14. The molecule has 306 valence electrons. The van der Waals surface area contributed by atoms with Crippen LogP contribution in [0.3, 0.4) is 0 Å². The molecule has 1 N–H and O–H groups in total. The van der Waals surface area contributed by atoms with Crippen LogP contribution in [-0.2, 0) is 38.1 Å². The molecule has 1 unspecified atom stereocenters. The summed E-state index contributed by atoms with van der Waals surface area (Å²) < 4.78 is 25.3. The zero-order valence-electron chi connectivity index (χ0n) is 33.2. The molecule has 0 bridgehead atoms. The lowest BCUT2D eigenvalue weighted by Gasteiger charge is -2.35. The summed E-state index contributed by atoms with van der Waals surface area (Å²) in [6.45, 7) is 18.2. The lowest BCUT2D eigenvalue weighted by Crippen LogP contribution is -2.49. The third-order valence-electron chi connectivity index (χ3n) is 7.24. The Labute approximate surface area is 327 Å². The topological polar surface area (TPSA) is 179 Å². The average Bonchev–Trinajstić information content (AvgIpc) is 3.03. The highest BCUT2D eigenvalue weighted by Gasteiger charge is 2.34. The maximum atomic E-state index is 12.0. The molecule has 15 nitrogen and oxygen atoms in total. The third-order valence-corrected chi connectivity index (χ3v) is 10.5.